The third kappa shape index (κ3) is 6.99. The van der Waals surface area contributed by atoms with Crippen LogP contribution in [0.2, 0.25) is 10.0 Å². The van der Waals surface area contributed by atoms with Crippen LogP contribution in [0.5, 0.6) is 17.2 Å². The van der Waals surface area contributed by atoms with E-state index in [4.69, 9.17) is 65.7 Å². The number of halogens is 4. The van der Waals surface area contributed by atoms with Gasteiger partial charge in [-0.05, 0) is 18.2 Å². The summed E-state index contributed by atoms with van der Waals surface area (Å²) >= 11 is 23.4. The smallest absolute Gasteiger partial charge is 0.339 e. The first kappa shape index (κ1) is 22.5. The second-order valence-corrected chi connectivity index (χ2v) is 7.19. The maximum Gasteiger partial charge on any atom is 0.339 e. The Morgan fingerprint density at radius 2 is 1.64 bits per heavy atom. The molecule has 0 spiro atoms. The Morgan fingerprint density at radius 1 is 1.00 bits per heavy atom. The summed E-state index contributed by atoms with van der Waals surface area (Å²) in [5.41, 5.74) is 0.107. The van der Waals surface area contributed by atoms with E-state index in [9.17, 15) is 4.79 Å². The van der Waals surface area contributed by atoms with E-state index in [1.54, 1.807) is 30.3 Å². The summed E-state index contributed by atoms with van der Waals surface area (Å²) in [6.45, 7) is 0.718. The highest BCUT2D eigenvalue weighted by Gasteiger charge is 2.12. The quantitative estimate of drug-likeness (QED) is 0.421. The topological polar surface area (TPSA) is 65.0 Å². The van der Waals surface area contributed by atoms with Crippen molar-refractivity contribution < 1.29 is 24.1 Å². The molecular formula is C19H16Cl4O5. The van der Waals surface area contributed by atoms with Gasteiger partial charge in [0.15, 0.2) is 5.75 Å². The molecule has 0 aliphatic rings. The van der Waals surface area contributed by atoms with E-state index in [2.05, 4.69) is 0 Å². The molecule has 0 fully saturated rings. The number of aromatic carboxylic acids is 1. The predicted octanol–water partition coefficient (Wildman–Crippen LogP) is 6.24. The van der Waals surface area contributed by atoms with Crippen molar-refractivity contribution in [2.75, 3.05) is 19.8 Å². The van der Waals surface area contributed by atoms with Crippen molar-refractivity contribution in [3.63, 3.8) is 0 Å². The molecule has 0 unspecified atom stereocenters. The monoisotopic (exact) mass is 464 g/mol. The lowest BCUT2D eigenvalue weighted by atomic mass is 10.2. The fourth-order valence-electron chi connectivity index (χ4n) is 2.14. The maximum atomic E-state index is 11.1. The van der Waals surface area contributed by atoms with E-state index in [-0.39, 0.29) is 29.9 Å². The lowest BCUT2D eigenvalue weighted by Gasteiger charge is -2.13. The number of rotatable bonds is 10. The largest absolute Gasteiger partial charge is 0.493 e. The molecule has 2 aromatic carbocycles. The second kappa shape index (κ2) is 11.3. The summed E-state index contributed by atoms with van der Waals surface area (Å²) in [4.78, 5) is 11.1. The van der Waals surface area contributed by atoms with Crippen LogP contribution in [-0.2, 0) is 0 Å². The van der Waals surface area contributed by atoms with E-state index < -0.39 is 5.97 Å². The van der Waals surface area contributed by atoms with Crippen molar-refractivity contribution in [1.29, 1.82) is 0 Å². The fraction of sp³-hybridized carbons (Fsp3) is 0.211. The van der Waals surface area contributed by atoms with Gasteiger partial charge in [0.25, 0.3) is 0 Å². The number of benzene rings is 2. The molecule has 0 atom stereocenters. The highest BCUT2D eigenvalue weighted by Crippen LogP contribution is 2.37. The van der Waals surface area contributed by atoms with Crippen LogP contribution in [0.1, 0.15) is 16.8 Å². The highest BCUT2D eigenvalue weighted by molar-refractivity contribution is 6.55. The van der Waals surface area contributed by atoms with Crippen molar-refractivity contribution in [2.45, 2.75) is 6.42 Å². The molecule has 1 N–H and O–H groups in total. The van der Waals surface area contributed by atoms with Gasteiger partial charge in [0.1, 0.15) is 28.2 Å². The van der Waals surface area contributed by atoms with Crippen molar-refractivity contribution in [3.8, 4) is 17.2 Å². The van der Waals surface area contributed by atoms with Gasteiger partial charge in [-0.1, -0.05) is 58.5 Å². The summed E-state index contributed by atoms with van der Waals surface area (Å²) in [7, 11) is 0. The summed E-state index contributed by atoms with van der Waals surface area (Å²) < 4.78 is 16.6. The number of carboxylic acid groups (broad SMARTS) is 1. The van der Waals surface area contributed by atoms with E-state index >= 15 is 0 Å². The average Bonchev–Trinajstić information content (AvgIpc) is 2.63. The number of hydrogen-bond acceptors (Lipinski definition) is 4. The molecule has 9 heteroatoms. The zero-order valence-corrected chi connectivity index (χ0v) is 17.5. The Morgan fingerprint density at radius 3 is 2.29 bits per heavy atom. The molecule has 0 heterocycles. The van der Waals surface area contributed by atoms with Crippen LogP contribution in [-0.4, -0.2) is 30.9 Å². The van der Waals surface area contributed by atoms with E-state index in [1.165, 1.54) is 12.1 Å². The van der Waals surface area contributed by atoms with E-state index in [0.717, 1.165) is 0 Å². The lowest BCUT2D eigenvalue weighted by Crippen LogP contribution is -2.08. The second-order valence-electron chi connectivity index (χ2n) is 5.37. The summed E-state index contributed by atoms with van der Waals surface area (Å²) in [5, 5.41) is 9.71. The van der Waals surface area contributed by atoms with Crippen molar-refractivity contribution in [3.05, 3.63) is 62.6 Å². The van der Waals surface area contributed by atoms with Gasteiger partial charge in [-0.25, -0.2) is 4.79 Å². The molecule has 2 rings (SSSR count). The molecular weight excluding hydrogens is 450 g/mol. The van der Waals surface area contributed by atoms with Crippen molar-refractivity contribution >= 4 is 52.4 Å². The third-order valence-electron chi connectivity index (χ3n) is 3.37. The zero-order chi connectivity index (χ0) is 20.5. The number of carboxylic acids is 1. The molecule has 5 nitrogen and oxygen atoms in total. The van der Waals surface area contributed by atoms with Gasteiger partial charge in [0.2, 0.25) is 0 Å². The number of hydrogen-bond donors (Lipinski definition) is 1. The van der Waals surface area contributed by atoms with Crippen LogP contribution < -0.4 is 14.2 Å². The Hall–Kier alpha value is -1.79. The number of para-hydroxylation sites is 1. The Labute approximate surface area is 182 Å². The molecule has 0 aromatic heterocycles. The minimum absolute atomic E-state index is 0.102. The van der Waals surface area contributed by atoms with Crippen molar-refractivity contribution in [2.24, 2.45) is 0 Å². The van der Waals surface area contributed by atoms with Gasteiger partial charge in [0.05, 0.1) is 23.3 Å². The molecule has 0 bridgehead atoms. The van der Waals surface area contributed by atoms with Crippen molar-refractivity contribution in [1.82, 2.24) is 0 Å². The standard InChI is InChI=1S/C19H16Cl4O5/c20-14-10-12(26-9-6-17(22)23)11-15(21)18(14)28-8-3-7-27-16-5-2-1-4-13(16)19(24)25/h1-2,4-6,10-11H,3,7-9H2,(H,24,25). The SMILES string of the molecule is O=C(O)c1ccccc1OCCCOc1c(Cl)cc(OCC=C(Cl)Cl)cc1Cl. The van der Waals surface area contributed by atoms with Crippen LogP contribution in [0, 0.1) is 0 Å². The maximum absolute atomic E-state index is 11.1. The normalized spacial score (nSPS) is 10.3. The highest BCUT2D eigenvalue weighted by atomic mass is 35.5. The van der Waals surface area contributed by atoms with Crippen LogP contribution >= 0.6 is 46.4 Å². The minimum Gasteiger partial charge on any atom is -0.493 e. The van der Waals surface area contributed by atoms with Crippen LogP contribution in [0.15, 0.2) is 47.0 Å². The Balaban J connectivity index is 1.85. The van der Waals surface area contributed by atoms with Crippen LogP contribution in [0.25, 0.3) is 0 Å². The molecule has 28 heavy (non-hydrogen) atoms. The summed E-state index contributed by atoms with van der Waals surface area (Å²) in [6.07, 6.45) is 1.98. The fourth-order valence-corrected chi connectivity index (χ4v) is 2.85. The number of ether oxygens (including phenoxy) is 3. The van der Waals surface area contributed by atoms with Gasteiger partial charge in [-0.2, -0.15) is 0 Å². The number of carbonyl (C=O) groups is 1. The first-order chi connectivity index (χ1) is 13.4. The third-order valence-corrected chi connectivity index (χ3v) is 4.24. The first-order valence-electron chi connectivity index (χ1n) is 8.09. The molecule has 0 radical (unpaired) electrons. The lowest BCUT2D eigenvalue weighted by molar-refractivity contribution is 0.0692. The van der Waals surface area contributed by atoms with Crippen LogP contribution in [0.4, 0.5) is 0 Å². The Kier molecular flexibility index (Phi) is 9.06. The average molecular weight is 466 g/mol. The molecule has 150 valence electrons. The van der Waals surface area contributed by atoms with E-state index in [1.807, 2.05) is 0 Å². The molecule has 0 amide bonds. The predicted molar refractivity (Wildman–Crippen MR) is 111 cm³/mol. The zero-order valence-electron chi connectivity index (χ0n) is 14.5. The Bertz CT molecular complexity index is 827. The molecule has 0 saturated carbocycles. The van der Waals surface area contributed by atoms with Crippen LogP contribution in [0.3, 0.4) is 0 Å². The van der Waals surface area contributed by atoms with Gasteiger partial charge in [-0.15, -0.1) is 0 Å². The van der Waals surface area contributed by atoms with Gasteiger partial charge in [0, 0.05) is 18.6 Å². The molecule has 0 saturated heterocycles. The summed E-state index contributed by atoms with van der Waals surface area (Å²) in [5.74, 6) is 0.0320. The first-order valence-corrected chi connectivity index (χ1v) is 9.60. The van der Waals surface area contributed by atoms with Gasteiger partial charge < -0.3 is 19.3 Å². The van der Waals surface area contributed by atoms with E-state index in [0.29, 0.717) is 33.7 Å². The molecule has 2 aromatic rings. The van der Waals surface area contributed by atoms with Gasteiger partial charge in [-0.3, -0.25) is 0 Å². The van der Waals surface area contributed by atoms with Gasteiger partial charge >= 0.3 is 5.97 Å². The molecule has 0 aliphatic carbocycles. The molecule has 0 aliphatic heterocycles. The summed E-state index contributed by atoms with van der Waals surface area (Å²) in [6, 6.07) is 9.56. The minimum atomic E-state index is -1.04.